The van der Waals surface area contributed by atoms with Crippen molar-refractivity contribution in [2.75, 3.05) is 6.61 Å². The Kier molecular flexibility index (Phi) is 8.07. The van der Waals surface area contributed by atoms with Crippen molar-refractivity contribution in [3.63, 3.8) is 0 Å². The lowest BCUT2D eigenvalue weighted by Gasteiger charge is -2.24. The number of fused-ring (bicyclic) bond motifs is 2. The molecule has 0 radical (unpaired) electrons. The third-order valence-electron chi connectivity index (χ3n) is 4.49. The molecule has 0 aliphatic carbocycles. The van der Waals surface area contributed by atoms with Gasteiger partial charge in [-0.3, -0.25) is 5.10 Å². The number of H-pyrrole nitrogens is 2. The van der Waals surface area contributed by atoms with Crippen LogP contribution < -0.4 is 9.47 Å². The molecule has 1 aromatic carbocycles. The molecule has 11 nitrogen and oxygen atoms in total. The number of carboxylic acid groups (broad SMARTS) is 2. The van der Waals surface area contributed by atoms with Crippen LogP contribution in [0, 0.1) is 0 Å². The standard InChI is InChI=1S/C17H13N5O2.2C2HF3O2/c1-2-4-14-13(3-1)23-9-15(24-14)17-21-12-5-10(6-18-16(12)22-17)11-7-19-20-8-11;2*3-2(4,5)1(6)7/h1-8,15H,9H2,(H,19,20)(H,18,21,22);2*(H,6,7). The first-order valence-corrected chi connectivity index (χ1v) is 10.1. The molecule has 1 atom stereocenters. The summed E-state index contributed by atoms with van der Waals surface area (Å²) in [6.07, 6.45) is -5.08. The van der Waals surface area contributed by atoms with Crippen molar-refractivity contribution in [1.29, 1.82) is 0 Å². The summed E-state index contributed by atoms with van der Waals surface area (Å²) < 4.78 is 75.2. The minimum atomic E-state index is -5.08. The number of rotatable bonds is 2. The number of para-hydroxylation sites is 2. The van der Waals surface area contributed by atoms with Crippen molar-refractivity contribution >= 4 is 23.1 Å². The number of hydrogen-bond donors (Lipinski definition) is 4. The quantitative estimate of drug-likeness (QED) is 0.270. The molecular formula is C21H15F6N5O6. The molecule has 0 amide bonds. The van der Waals surface area contributed by atoms with Gasteiger partial charge in [0.15, 0.2) is 29.1 Å². The first-order valence-electron chi connectivity index (χ1n) is 10.1. The van der Waals surface area contributed by atoms with Gasteiger partial charge >= 0.3 is 24.3 Å². The third-order valence-corrected chi connectivity index (χ3v) is 4.49. The second-order valence-electron chi connectivity index (χ2n) is 7.17. The van der Waals surface area contributed by atoms with Crippen molar-refractivity contribution < 1.29 is 55.6 Å². The molecule has 4 heterocycles. The average molecular weight is 547 g/mol. The number of ether oxygens (including phenoxy) is 2. The Bertz CT molecular complexity index is 1380. The zero-order valence-corrected chi connectivity index (χ0v) is 18.5. The predicted octanol–water partition coefficient (Wildman–Crippen LogP) is 4.13. The Morgan fingerprint density at radius 1 is 0.947 bits per heavy atom. The van der Waals surface area contributed by atoms with Gasteiger partial charge in [0.2, 0.25) is 0 Å². The fourth-order valence-electron chi connectivity index (χ4n) is 2.79. The van der Waals surface area contributed by atoms with Crippen LogP contribution in [0.4, 0.5) is 26.3 Å². The minimum absolute atomic E-state index is 0.286. The summed E-state index contributed by atoms with van der Waals surface area (Å²) in [5.41, 5.74) is 3.45. The summed E-state index contributed by atoms with van der Waals surface area (Å²) in [4.78, 5) is 30.0. The number of benzene rings is 1. The van der Waals surface area contributed by atoms with Gasteiger partial charge in [0, 0.05) is 23.5 Å². The Labute approximate surface area is 207 Å². The van der Waals surface area contributed by atoms with Crippen LogP contribution >= 0.6 is 0 Å². The molecule has 1 aliphatic rings. The summed E-state index contributed by atoms with van der Waals surface area (Å²) >= 11 is 0. The van der Waals surface area contributed by atoms with E-state index < -0.39 is 24.3 Å². The number of carbonyl (C=O) groups is 2. The highest BCUT2D eigenvalue weighted by atomic mass is 19.4. The molecule has 4 aromatic rings. The molecule has 0 bridgehead atoms. The number of carboxylic acids is 2. The minimum Gasteiger partial charge on any atom is -0.485 e. The van der Waals surface area contributed by atoms with Gasteiger partial charge in [-0.05, 0) is 18.2 Å². The van der Waals surface area contributed by atoms with Gasteiger partial charge in [-0.1, -0.05) is 12.1 Å². The lowest BCUT2D eigenvalue weighted by molar-refractivity contribution is -0.193. The molecule has 0 spiro atoms. The van der Waals surface area contributed by atoms with Crippen LogP contribution in [0.3, 0.4) is 0 Å². The van der Waals surface area contributed by atoms with E-state index in [1.165, 1.54) is 0 Å². The van der Waals surface area contributed by atoms with E-state index >= 15 is 0 Å². The lowest BCUT2D eigenvalue weighted by Crippen LogP contribution is -2.22. The molecule has 3 aromatic heterocycles. The Morgan fingerprint density at radius 3 is 2.11 bits per heavy atom. The number of pyridine rings is 1. The monoisotopic (exact) mass is 547 g/mol. The summed E-state index contributed by atoms with van der Waals surface area (Å²) in [6.45, 7) is 0.408. The molecule has 202 valence electrons. The molecule has 0 fully saturated rings. The van der Waals surface area contributed by atoms with Gasteiger partial charge < -0.3 is 24.7 Å². The second kappa shape index (κ2) is 11.1. The summed E-state index contributed by atoms with van der Waals surface area (Å²) in [5.74, 6) is -3.33. The first kappa shape index (κ1) is 27.8. The lowest BCUT2D eigenvalue weighted by atomic mass is 10.1. The molecule has 1 aliphatic heterocycles. The molecule has 0 saturated heterocycles. The highest BCUT2D eigenvalue weighted by molar-refractivity contribution is 5.77. The number of halogens is 6. The molecule has 38 heavy (non-hydrogen) atoms. The van der Waals surface area contributed by atoms with Gasteiger partial charge in [-0.2, -0.15) is 31.4 Å². The van der Waals surface area contributed by atoms with E-state index in [9.17, 15) is 26.3 Å². The first-order chi connectivity index (χ1) is 17.8. The molecule has 17 heteroatoms. The molecule has 1 unspecified atom stereocenters. The van der Waals surface area contributed by atoms with E-state index in [0.717, 1.165) is 28.1 Å². The van der Waals surface area contributed by atoms with Crippen molar-refractivity contribution in [2.45, 2.75) is 18.5 Å². The Hall–Kier alpha value is -4.83. The fourth-order valence-corrected chi connectivity index (χ4v) is 2.79. The number of nitrogens with zero attached hydrogens (tertiary/aromatic N) is 3. The maximum Gasteiger partial charge on any atom is 0.490 e. The number of aromatic amines is 2. The van der Waals surface area contributed by atoms with Crippen LogP contribution in [-0.2, 0) is 9.59 Å². The van der Waals surface area contributed by atoms with E-state index in [2.05, 4.69) is 25.1 Å². The Balaban J connectivity index is 0.000000239. The van der Waals surface area contributed by atoms with Crippen LogP contribution in [0.25, 0.3) is 22.3 Å². The van der Waals surface area contributed by atoms with Crippen molar-refractivity contribution in [2.24, 2.45) is 0 Å². The number of aromatic nitrogens is 5. The van der Waals surface area contributed by atoms with E-state index in [-0.39, 0.29) is 6.10 Å². The van der Waals surface area contributed by atoms with Crippen molar-refractivity contribution in [3.05, 3.63) is 54.7 Å². The van der Waals surface area contributed by atoms with Gasteiger partial charge in [-0.15, -0.1) is 0 Å². The molecule has 5 rings (SSSR count). The largest absolute Gasteiger partial charge is 0.490 e. The predicted molar refractivity (Wildman–Crippen MR) is 114 cm³/mol. The maximum absolute atomic E-state index is 10.6. The van der Waals surface area contributed by atoms with Crippen LogP contribution in [0.1, 0.15) is 11.9 Å². The molecular weight excluding hydrogens is 532 g/mol. The number of nitrogens with one attached hydrogen (secondary N) is 2. The van der Waals surface area contributed by atoms with Crippen LogP contribution in [0.15, 0.2) is 48.9 Å². The number of alkyl halides is 6. The van der Waals surface area contributed by atoms with Gasteiger partial charge in [-0.25, -0.2) is 19.6 Å². The fraction of sp³-hybridized carbons (Fsp3) is 0.190. The summed E-state index contributed by atoms with van der Waals surface area (Å²) in [5, 5.41) is 21.0. The van der Waals surface area contributed by atoms with Gasteiger partial charge in [0.05, 0.1) is 11.7 Å². The van der Waals surface area contributed by atoms with E-state index in [1.807, 2.05) is 36.5 Å². The maximum atomic E-state index is 10.6. The van der Waals surface area contributed by atoms with Crippen molar-refractivity contribution in [1.82, 2.24) is 25.1 Å². The smallest absolute Gasteiger partial charge is 0.485 e. The molecule has 4 N–H and O–H groups in total. The van der Waals surface area contributed by atoms with Crippen LogP contribution in [0.5, 0.6) is 11.5 Å². The van der Waals surface area contributed by atoms with Gasteiger partial charge in [0.1, 0.15) is 6.61 Å². The zero-order valence-electron chi connectivity index (χ0n) is 18.5. The van der Waals surface area contributed by atoms with Crippen LogP contribution in [0.2, 0.25) is 0 Å². The second-order valence-corrected chi connectivity index (χ2v) is 7.17. The normalized spacial score (nSPS) is 14.5. The highest BCUT2D eigenvalue weighted by Gasteiger charge is 2.38. The molecule has 0 saturated carbocycles. The number of imidazole rings is 1. The van der Waals surface area contributed by atoms with Gasteiger partial charge in [0.25, 0.3) is 0 Å². The average Bonchev–Trinajstić information content (AvgIpc) is 3.53. The topological polar surface area (TPSA) is 163 Å². The summed E-state index contributed by atoms with van der Waals surface area (Å²) in [6, 6.07) is 9.62. The SMILES string of the molecule is O=C(O)C(F)(F)F.O=C(O)C(F)(F)F.c1ccc2c(c1)OCC(c1nc3ncc(-c4cn[nH]c4)cc3[nH]1)O2. The van der Waals surface area contributed by atoms with Crippen LogP contribution in [-0.4, -0.2) is 66.3 Å². The zero-order chi connectivity index (χ0) is 28.1. The van der Waals surface area contributed by atoms with E-state index in [0.29, 0.717) is 18.1 Å². The number of hydrogen-bond acceptors (Lipinski definition) is 7. The summed E-state index contributed by atoms with van der Waals surface area (Å²) in [7, 11) is 0. The van der Waals surface area contributed by atoms with E-state index in [1.54, 1.807) is 12.4 Å². The highest BCUT2D eigenvalue weighted by Crippen LogP contribution is 2.35. The third kappa shape index (κ3) is 7.11. The van der Waals surface area contributed by atoms with Crippen molar-refractivity contribution in [3.8, 4) is 22.6 Å². The van der Waals surface area contributed by atoms with E-state index in [4.69, 9.17) is 29.3 Å². The Morgan fingerprint density at radius 2 is 1.55 bits per heavy atom. The number of aliphatic carboxylic acids is 2.